The summed E-state index contributed by atoms with van der Waals surface area (Å²) < 4.78 is 5.39. The first-order valence-corrected chi connectivity index (χ1v) is 11.4. The molecule has 0 saturated carbocycles. The van der Waals surface area contributed by atoms with Crippen LogP contribution >= 0.6 is 11.3 Å². The van der Waals surface area contributed by atoms with Crippen LogP contribution in [0.4, 0.5) is 5.82 Å². The Morgan fingerprint density at radius 3 is 2.61 bits per heavy atom. The van der Waals surface area contributed by atoms with E-state index in [1.54, 1.807) is 0 Å². The molecule has 0 bridgehead atoms. The lowest BCUT2D eigenvalue weighted by molar-refractivity contribution is -0.140. The summed E-state index contributed by atoms with van der Waals surface area (Å²) in [7, 11) is 0. The Bertz CT molecular complexity index is 882. The van der Waals surface area contributed by atoms with E-state index < -0.39 is 0 Å². The van der Waals surface area contributed by atoms with Gasteiger partial charge in [-0.05, 0) is 51.0 Å². The zero-order valence-corrected chi connectivity index (χ0v) is 17.4. The predicted molar refractivity (Wildman–Crippen MR) is 111 cm³/mol. The van der Waals surface area contributed by atoms with Crippen LogP contribution in [0.3, 0.4) is 0 Å². The highest BCUT2D eigenvalue weighted by Crippen LogP contribution is 2.40. The molecule has 2 aromatic rings. The molecule has 0 spiro atoms. The van der Waals surface area contributed by atoms with Crippen molar-refractivity contribution in [3.63, 3.8) is 0 Å². The van der Waals surface area contributed by atoms with Crippen LogP contribution in [0.1, 0.15) is 41.9 Å². The zero-order chi connectivity index (χ0) is 19.1. The Kier molecular flexibility index (Phi) is 4.97. The third-order valence-corrected chi connectivity index (χ3v) is 7.56. The molecule has 3 aliphatic rings. The molecule has 2 aromatic heterocycles. The molecule has 2 aliphatic heterocycles. The number of aryl methyl sites for hydroxylation is 3. The largest absolute Gasteiger partial charge is 0.378 e. The number of morpholine rings is 1. The van der Waals surface area contributed by atoms with Crippen LogP contribution in [0.15, 0.2) is 0 Å². The van der Waals surface area contributed by atoms with Crippen molar-refractivity contribution in [1.29, 1.82) is 0 Å². The van der Waals surface area contributed by atoms with Crippen molar-refractivity contribution >= 4 is 33.3 Å². The lowest BCUT2D eigenvalue weighted by atomic mass is 9.94. The average Bonchev–Trinajstić information content (AvgIpc) is 3.11. The van der Waals surface area contributed by atoms with E-state index in [-0.39, 0.29) is 5.92 Å². The van der Waals surface area contributed by atoms with Gasteiger partial charge >= 0.3 is 0 Å². The fraction of sp³-hybridized carbons (Fsp3) is 0.667. The van der Waals surface area contributed by atoms with E-state index in [1.165, 1.54) is 35.1 Å². The van der Waals surface area contributed by atoms with Gasteiger partial charge in [-0.2, -0.15) is 0 Å². The van der Waals surface area contributed by atoms with E-state index in [9.17, 15) is 4.79 Å². The Balaban J connectivity index is 1.37. The van der Waals surface area contributed by atoms with E-state index in [1.807, 2.05) is 23.2 Å². The van der Waals surface area contributed by atoms with Gasteiger partial charge in [-0.15, -0.1) is 11.3 Å². The van der Waals surface area contributed by atoms with Gasteiger partial charge in [-0.25, -0.2) is 9.97 Å². The second-order valence-electron chi connectivity index (χ2n) is 8.18. The fourth-order valence-corrected chi connectivity index (χ4v) is 6.15. The normalized spacial score (nSPS) is 21.2. The van der Waals surface area contributed by atoms with Gasteiger partial charge in [0.2, 0.25) is 5.91 Å². The van der Waals surface area contributed by atoms with Crippen LogP contribution in [0.2, 0.25) is 0 Å². The summed E-state index contributed by atoms with van der Waals surface area (Å²) in [5, 5.41) is 1.29. The minimum atomic E-state index is 0.143. The molecule has 2 saturated heterocycles. The summed E-state index contributed by atoms with van der Waals surface area (Å²) in [5.74, 6) is 2.43. The third kappa shape index (κ3) is 3.28. The van der Waals surface area contributed by atoms with Crippen LogP contribution in [-0.4, -0.2) is 60.2 Å². The summed E-state index contributed by atoms with van der Waals surface area (Å²) in [6, 6.07) is 0. The Hall–Kier alpha value is -1.73. The van der Waals surface area contributed by atoms with Crippen LogP contribution in [-0.2, 0) is 22.4 Å². The molecule has 7 heteroatoms. The molecule has 0 atom stereocenters. The highest BCUT2D eigenvalue weighted by atomic mass is 32.1. The van der Waals surface area contributed by atoms with Crippen molar-refractivity contribution in [3.05, 3.63) is 16.3 Å². The van der Waals surface area contributed by atoms with Crippen molar-refractivity contribution < 1.29 is 9.53 Å². The summed E-state index contributed by atoms with van der Waals surface area (Å²) in [4.78, 5) is 29.5. The van der Waals surface area contributed by atoms with Gasteiger partial charge < -0.3 is 14.5 Å². The summed E-state index contributed by atoms with van der Waals surface area (Å²) in [5.41, 5.74) is 1.49. The van der Waals surface area contributed by atoms with Gasteiger partial charge in [0.25, 0.3) is 0 Å². The number of piperidine rings is 1. The number of amides is 1. The second kappa shape index (κ2) is 7.59. The third-order valence-electron chi connectivity index (χ3n) is 6.37. The molecule has 0 unspecified atom stereocenters. The Morgan fingerprint density at radius 2 is 1.82 bits per heavy atom. The number of ether oxygens (including phenoxy) is 1. The first-order valence-electron chi connectivity index (χ1n) is 10.6. The highest BCUT2D eigenvalue weighted by Gasteiger charge is 2.31. The smallest absolute Gasteiger partial charge is 0.225 e. The Labute approximate surface area is 169 Å². The number of carbonyl (C=O) groups is 1. The van der Waals surface area contributed by atoms with Gasteiger partial charge in [0.15, 0.2) is 0 Å². The first kappa shape index (κ1) is 18.3. The number of hydrogen-bond donors (Lipinski definition) is 0. The standard InChI is InChI=1S/C21H28N4O2S/c1-14-22-19(18-16-4-2-3-5-17(16)28-20(18)23-14)24-8-6-15(7-9-24)21(26)25-10-12-27-13-11-25/h15H,2-13H2,1H3. The number of nitrogens with zero attached hydrogens (tertiary/aromatic N) is 4. The first-order chi connectivity index (χ1) is 13.7. The SMILES string of the molecule is Cc1nc(N2CCC(C(=O)N3CCOCC3)CC2)c2c3c(sc2n1)CCCC3. The number of anilines is 1. The van der Waals surface area contributed by atoms with Crippen molar-refractivity contribution in [2.75, 3.05) is 44.3 Å². The molecule has 6 nitrogen and oxygen atoms in total. The molecular formula is C21H28N4O2S. The molecule has 2 fully saturated rings. The van der Waals surface area contributed by atoms with Gasteiger partial charge in [0.05, 0.1) is 18.6 Å². The number of hydrogen-bond acceptors (Lipinski definition) is 6. The van der Waals surface area contributed by atoms with Crippen molar-refractivity contribution in [3.8, 4) is 0 Å². The van der Waals surface area contributed by atoms with E-state index in [4.69, 9.17) is 14.7 Å². The molecule has 28 heavy (non-hydrogen) atoms. The maximum absolute atomic E-state index is 12.8. The highest BCUT2D eigenvalue weighted by molar-refractivity contribution is 7.19. The second-order valence-corrected chi connectivity index (χ2v) is 9.27. The lowest BCUT2D eigenvalue weighted by Crippen LogP contribution is -2.47. The van der Waals surface area contributed by atoms with E-state index in [2.05, 4.69) is 4.90 Å². The molecule has 5 rings (SSSR count). The molecule has 0 N–H and O–H groups in total. The average molecular weight is 401 g/mol. The summed E-state index contributed by atoms with van der Waals surface area (Å²) >= 11 is 1.87. The van der Waals surface area contributed by atoms with Crippen molar-refractivity contribution in [2.45, 2.75) is 45.4 Å². The summed E-state index contributed by atoms with van der Waals surface area (Å²) in [6.07, 6.45) is 6.71. The predicted octanol–water partition coefficient (Wildman–Crippen LogP) is 2.95. The van der Waals surface area contributed by atoms with Gasteiger partial charge in [0.1, 0.15) is 16.5 Å². The lowest BCUT2D eigenvalue weighted by Gasteiger charge is -2.36. The minimum Gasteiger partial charge on any atom is -0.378 e. The van der Waals surface area contributed by atoms with Crippen molar-refractivity contribution in [2.24, 2.45) is 5.92 Å². The maximum Gasteiger partial charge on any atom is 0.225 e. The molecular weight excluding hydrogens is 372 g/mol. The van der Waals surface area contributed by atoms with E-state index in [0.717, 1.165) is 61.9 Å². The monoisotopic (exact) mass is 400 g/mol. The number of aromatic nitrogens is 2. The van der Waals surface area contributed by atoms with Crippen LogP contribution in [0.5, 0.6) is 0 Å². The number of fused-ring (bicyclic) bond motifs is 3. The van der Waals surface area contributed by atoms with Crippen LogP contribution in [0.25, 0.3) is 10.2 Å². The van der Waals surface area contributed by atoms with Crippen molar-refractivity contribution in [1.82, 2.24) is 14.9 Å². The molecule has 0 aromatic carbocycles. The Morgan fingerprint density at radius 1 is 1.07 bits per heavy atom. The molecule has 4 heterocycles. The topological polar surface area (TPSA) is 58.6 Å². The number of rotatable bonds is 2. The maximum atomic E-state index is 12.8. The van der Waals surface area contributed by atoms with Gasteiger partial charge in [0, 0.05) is 37.0 Å². The molecule has 1 aliphatic carbocycles. The quantitative estimate of drug-likeness (QED) is 0.776. The van der Waals surface area contributed by atoms with E-state index in [0.29, 0.717) is 19.1 Å². The minimum absolute atomic E-state index is 0.143. The molecule has 150 valence electrons. The van der Waals surface area contributed by atoms with Gasteiger partial charge in [-0.1, -0.05) is 0 Å². The number of thiophene rings is 1. The van der Waals surface area contributed by atoms with Crippen LogP contribution in [0, 0.1) is 12.8 Å². The zero-order valence-electron chi connectivity index (χ0n) is 16.6. The molecule has 0 radical (unpaired) electrons. The van der Waals surface area contributed by atoms with Crippen LogP contribution < -0.4 is 4.90 Å². The number of carbonyl (C=O) groups excluding carboxylic acids is 1. The molecule has 1 amide bonds. The van der Waals surface area contributed by atoms with E-state index >= 15 is 0 Å². The van der Waals surface area contributed by atoms with Gasteiger partial charge in [-0.3, -0.25) is 4.79 Å². The summed E-state index contributed by atoms with van der Waals surface area (Å²) in [6.45, 7) is 6.62. The fourth-order valence-electron chi connectivity index (χ4n) is 4.85.